The first-order valence-corrected chi connectivity index (χ1v) is 7.95. The average molecular weight is 278 g/mol. The minimum atomic E-state index is 0.206. The van der Waals surface area contributed by atoms with Crippen LogP contribution in [-0.4, -0.2) is 31.3 Å². The molecular weight excluding hydrogens is 248 g/mol. The lowest BCUT2D eigenvalue weighted by atomic mass is 10.0. The van der Waals surface area contributed by atoms with E-state index in [1.54, 1.807) is 0 Å². The molecule has 0 fully saturated rings. The van der Waals surface area contributed by atoms with Crippen molar-refractivity contribution in [2.75, 3.05) is 31.1 Å². The first-order chi connectivity index (χ1) is 9.76. The van der Waals surface area contributed by atoms with Crippen LogP contribution in [0.1, 0.15) is 51.6 Å². The maximum Gasteiger partial charge on any atom is 0.0606 e. The minimum absolute atomic E-state index is 0.206. The van der Waals surface area contributed by atoms with Crippen molar-refractivity contribution in [3.63, 3.8) is 0 Å². The number of benzene rings is 1. The second-order valence-corrected chi connectivity index (χ2v) is 5.22. The summed E-state index contributed by atoms with van der Waals surface area (Å²) in [5, 5.41) is 12.7. The summed E-state index contributed by atoms with van der Waals surface area (Å²) in [5.74, 6) is 0. The summed E-state index contributed by atoms with van der Waals surface area (Å²) in [6.07, 6.45) is 3.36. The molecule has 0 aliphatic rings. The van der Waals surface area contributed by atoms with Crippen LogP contribution in [0.2, 0.25) is 0 Å². The molecule has 1 aromatic rings. The summed E-state index contributed by atoms with van der Waals surface area (Å²) in [6, 6.07) is 9.23. The van der Waals surface area contributed by atoms with Crippen molar-refractivity contribution in [2.24, 2.45) is 0 Å². The molecular formula is C17H30N2O. The third kappa shape index (κ3) is 5.14. The molecule has 0 aliphatic heterocycles. The van der Waals surface area contributed by atoms with E-state index >= 15 is 0 Å². The van der Waals surface area contributed by atoms with Crippen LogP contribution < -0.4 is 10.2 Å². The Balaban J connectivity index is 2.74. The van der Waals surface area contributed by atoms with Gasteiger partial charge in [-0.2, -0.15) is 0 Å². The Hall–Kier alpha value is -1.06. The first-order valence-electron chi connectivity index (χ1n) is 7.95. The second-order valence-electron chi connectivity index (χ2n) is 5.22. The van der Waals surface area contributed by atoms with Crippen LogP contribution in [0.5, 0.6) is 0 Å². The van der Waals surface area contributed by atoms with Gasteiger partial charge in [0.25, 0.3) is 0 Å². The zero-order chi connectivity index (χ0) is 14.8. The lowest BCUT2D eigenvalue weighted by Gasteiger charge is -2.24. The fourth-order valence-electron chi connectivity index (χ4n) is 2.49. The van der Waals surface area contributed by atoms with E-state index in [9.17, 15) is 0 Å². The average Bonchev–Trinajstić information content (AvgIpc) is 2.48. The Kier molecular flexibility index (Phi) is 8.31. The molecule has 0 bridgehead atoms. The van der Waals surface area contributed by atoms with E-state index in [1.165, 1.54) is 11.3 Å². The van der Waals surface area contributed by atoms with Crippen LogP contribution in [0.25, 0.3) is 0 Å². The van der Waals surface area contributed by atoms with Gasteiger partial charge in [0.2, 0.25) is 0 Å². The van der Waals surface area contributed by atoms with Crippen LogP contribution in [0.3, 0.4) is 0 Å². The van der Waals surface area contributed by atoms with Gasteiger partial charge >= 0.3 is 0 Å². The third-order valence-corrected chi connectivity index (χ3v) is 3.57. The van der Waals surface area contributed by atoms with Crippen molar-refractivity contribution in [2.45, 2.75) is 46.1 Å². The molecule has 0 spiro atoms. The number of aliphatic hydroxyl groups excluding tert-OH is 1. The van der Waals surface area contributed by atoms with Crippen molar-refractivity contribution < 1.29 is 5.11 Å². The van der Waals surface area contributed by atoms with Gasteiger partial charge in [0, 0.05) is 24.8 Å². The molecule has 1 atom stereocenters. The monoisotopic (exact) mass is 278 g/mol. The maximum absolute atomic E-state index is 9.15. The number of nitrogens with zero attached hydrogens (tertiary/aromatic N) is 1. The molecule has 0 radical (unpaired) electrons. The normalized spacial score (nSPS) is 12.4. The highest BCUT2D eigenvalue weighted by atomic mass is 16.3. The van der Waals surface area contributed by atoms with Crippen molar-refractivity contribution in [1.82, 2.24) is 5.32 Å². The smallest absolute Gasteiger partial charge is 0.0606 e. The number of hydrogen-bond donors (Lipinski definition) is 2. The van der Waals surface area contributed by atoms with E-state index < -0.39 is 0 Å². The lowest BCUT2D eigenvalue weighted by Crippen LogP contribution is -2.27. The first kappa shape index (κ1) is 17.0. The van der Waals surface area contributed by atoms with Crippen molar-refractivity contribution >= 4 is 5.69 Å². The molecule has 3 nitrogen and oxygen atoms in total. The molecule has 0 aliphatic carbocycles. The van der Waals surface area contributed by atoms with E-state index in [2.05, 4.69) is 55.3 Å². The standard InChI is InChI=1S/C17H30N2O/c1-4-11-18-17(6-3)15-7-9-16(10-8-15)19(12-5-2)13-14-20/h7-10,17-18,20H,4-6,11-14H2,1-3H3. The van der Waals surface area contributed by atoms with Gasteiger partial charge in [0.1, 0.15) is 0 Å². The second kappa shape index (κ2) is 9.78. The Morgan fingerprint density at radius 2 is 1.75 bits per heavy atom. The topological polar surface area (TPSA) is 35.5 Å². The highest BCUT2D eigenvalue weighted by Crippen LogP contribution is 2.21. The van der Waals surface area contributed by atoms with E-state index in [4.69, 9.17) is 5.11 Å². The van der Waals surface area contributed by atoms with Gasteiger partial charge in [-0.25, -0.2) is 0 Å². The van der Waals surface area contributed by atoms with Crippen molar-refractivity contribution in [3.05, 3.63) is 29.8 Å². The van der Waals surface area contributed by atoms with Gasteiger partial charge in [-0.15, -0.1) is 0 Å². The molecule has 0 amide bonds. The van der Waals surface area contributed by atoms with Crippen molar-refractivity contribution in [1.29, 1.82) is 0 Å². The van der Waals surface area contributed by atoms with E-state index in [-0.39, 0.29) is 6.61 Å². The van der Waals surface area contributed by atoms with Crippen LogP contribution in [0.15, 0.2) is 24.3 Å². The Morgan fingerprint density at radius 1 is 1.05 bits per heavy atom. The molecule has 114 valence electrons. The Labute approximate surface area is 124 Å². The molecule has 0 heterocycles. The summed E-state index contributed by atoms with van der Waals surface area (Å²) >= 11 is 0. The molecule has 0 aromatic heterocycles. The molecule has 1 unspecified atom stereocenters. The number of rotatable bonds is 10. The highest BCUT2D eigenvalue weighted by Gasteiger charge is 2.09. The number of aliphatic hydroxyl groups is 1. The van der Waals surface area contributed by atoms with Gasteiger partial charge in [0.15, 0.2) is 0 Å². The van der Waals surface area contributed by atoms with Gasteiger partial charge in [0.05, 0.1) is 6.61 Å². The molecule has 2 N–H and O–H groups in total. The maximum atomic E-state index is 9.15. The summed E-state index contributed by atoms with van der Waals surface area (Å²) in [4.78, 5) is 2.24. The summed E-state index contributed by atoms with van der Waals surface area (Å²) in [7, 11) is 0. The summed E-state index contributed by atoms with van der Waals surface area (Å²) in [6.45, 7) is 9.55. The number of anilines is 1. The number of nitrogens with one attached hydrogen (secondary N) is 1. The fraction of sp³-hybridized carbons (Fsp3) is 0.647. The summed E-state index contributed by atoms with van der Waals surface area (Å²) < 4.78 is 0. The molecule has 1 aromatic carbocycles. The Bertz CT molecular complexity index is 345. The van der Waals surface area contributed by atoms with E-state index in [0.717, 1.165) is 32.4 Å². The van der Waals surface area contributed by atoms with Gasteiger partial charge in [-0.3, -0.25) is 0 Å². The molecule has 0 saturated heterocycles. The van der Waals surface area contributed by atoms with E-state index in [1.807, 2.05) is 0 Å². The van der Waals surface area contributed by atoms with Crippen LogP contribution >= 0.6 is 0 Å². The fourth-order valence-corrected chi connectivity index (χ4v) is 2.49. The SMILES string of the molecule is CCCNC(CC)c1ccc(N(CCC)CCO)cc1. The molecule has 1 rings (SSSR count). The molecule has 20 heavy (non-hydrogen) atoms. The van der Waals surface area contributed by atoms with Gasteiger partial charge < -0.3 is 15.3 Å². The number of hydrogen-bond acceptors (Lipinski definition) is 3. The summed E-state index contributed by atoms with van der Waals surface area (Å²) in [5.41, 5.74) is 2.56. The lowest BCUT2D eigenvalue weighted by molar-refractivity contribution is 0.302. The Morgan fingerprint density at radius 3 is 2.25 bits per heavy atom. The zero-order valence-electron chi connectivity index (χ0n) is 13.2. The highest BCUT2D eigenvalue weighted by molar-refractivity contribution is 5.48. The van der Waals surface area contributed by atoms with Crippen molar-refractivity contribution in [3.8, 4) is 0 Å². The van der Waals surface area contributed by atoms with Gasteiger partial charge in [-0.05, 0) is 43.5 Å². The quantitative estimate of drug-likeness (QED) is 0.689. The molecule has 3 heteroatoms. The predicted molar refractivity (Wildman–Crippen MR) is 87.4 cm³/mol. The van der Waals surface area contributed by atoms with Gasteiger partial charge in [-0.1, -0.05) is 32.9 Å². The van der Waals surface area contributed by atoms with E-state index in [0.29, 0.717) is 12.6 Å². The molecule has 0 saturated carbocycles. The largest absolute Gasteiger partial charge is 0.395 e. The minimum Gasteiger partial charge on any atom is -0.395 e. The van der Waals surface area contributed by atoms with Crippen LogP contribution in [0.4, 0.5) is 5.69 Å². The third-order valence-electron chi connectivity index (χ3n) is 3.57. The van der Waals surface area contributed by atoms with Crippen LogP contribution in [0, 0.1) is 0 Å². The predicted octanol–water partition coefficient (Wildman–Crippen LogP) is 3.35. The zero-order valence-corrected chi connectivity index (χ0v) is 13.2. The van der Waals surface area contributed by atoms with Crippen LogP contribution in [-0.2, 0) is 0 Å².